The molecule has 2 aliphatic heterocycles. The molecule has 8 aliphatic carbocycles. The molecule has 2 saturated heterocycles. The molecule has 14 heteroatoms. The fraction of sp³-hybridized carbons (Fsp3) is 0.852. The third kappa shape index (κ3) is 7.36. The zero-order valence-corrected chi connectivity index (χ0v) is 41.1. The molecule has 8 fully saturated rings. The van der Waals surface area contributed by atoms with Gasteiger partial charge in [-0.15, -0.1) is 0 Å². The Morgan fingerprint density at radius 3 is 1.32 bits per heavy atom. The lowest BCUT2D eigenvalue weighted by Gasteiger charge is -2.62. The van der Waals surface area contributed by atoms with E-state index in [1.807, 2.05) is 0 Å². The fourth-order valence-corrected chi connectivity index (χ4v) is 18.1. The summed E-state index contributed by atoms with van der Waals surface area (Å²) in [7, 11) is 0. The summed E-state index contributed by atoms with van der Waals surface area (Å²) in [6.45, 7) is 13.3. The summed E-state index contributed by atoms with van der Waals surface area (Å²) in [6.07, 6.45) is 5.68. The van der Waals surface area contributed by atoms with Gasteiger partial charge in [0.1, 0.15) is 36.6 Å². The zero-order chi connectivity index (χ0) is 48.0. The Morgan fingerprint density at radius 1 is 0.529 bits per heavy atom. The Morgan fingerprint density at radius 2 is 0.926 bits per heavy atom. The van der Waals surface area contributed by atoms with Gasteiger partial charge in [0.15, 0.2) is 12.6 Å². The molecule has 10 aliphatic rings. The van der Waals surface area contributed by atoms with Crippen LogP contribution < -0.4 is 0 Å². The van der Waals surface area contributed by atoms with E-state index in [4.69, 9.17) is 28.9 Å². The number of hydrogen-bond donors (Lipinski definition) is 8. The number of ether oxygens (including phenoxy) is 4. The fourth-order valence-electron chi connectivity index (χ4n) is 18.1. The minimum absolute atomic E-state index is 0.0813. The Hall–Kier alpha value is -1.92. The molecule has 1 aromatic rings. The number of aliphatic hydroxyl groups is 8. The maximum absolute atomic E-state index is 12.4. The second-order valence-electron chi connectivity index (χ2n) is 24.9. The van der Waals surface area contributed by atoms with Gasteiger partial charge in [-0.2, -0.15) is 0 Å². The Bertz CT molecular complexity index is 2010. The van der Waals surface area contributed by atoms with Gasteiger partial charge in [-0.3, -0.25) is 9.97 Å². The van der Waals surface area contributed by atoms with E-state index in [2.05, 4.69) is 39.8 Å². The maximum Gasteiger partial charge on any atom is 0.186 e. The number of fused-ring (bicyclic) bond motifs is 12. The van der Waals surface area contributed by atoms with E-state index in [0.29, 0.717) is 48.3 Å². The van der Waals surface area contributed by atoms with Crippen molar-refractivity contribution in [2.24, 2.45) is 69.0 Å². The van der Waals surface area contributed by atoms with Gasteiger partial charge in [-0.1, -0.05) is 51.0 Å². The molecule has 8 N–H and O–H groups in total. The molecule has 0 amide bonds. The number of aliphatic hydroxyl groups excluding tert-OH is 8. The van der Waals surface area contributed by atoms with Gasteiger partial charge in [0, 0.05) is 0 Å². The Kier molecular flexibility index (Phi) is 12.3. The highest BCUT2D eigenvalue weighted by Gasteiger charge is 2.64. The first kappa shape index (κ1) is 48.4. The van der Waals surface area contributed by atoms with Crippen molar-refractivity contribution in [2.45, 2.75) is 205 Å². The molecule has 378 valence electrons. The van der Waals surface area contributed by atoms with Crippen LogP contribution in [0.5, 0.6) is 0 Å². The third-order valence-electron chi connectivity index (χ3n) is 21.7. The van der Waals surface area contributed by atoms with Crippen molar-refractivity contribution in [3.8, 4) is 0 Å². The summed E-state index contributed by atoms with van der Waals surface area (Å²) >= 11 is 0. The van der Waals surface area contributed by atoms with E-state index < -0.39 is 73.6 Å². The highest BCUT2D eigenvalue weighted by atomic mass is 16.7. The SMILES string of the molecule is C[C@@H]1O[C@@H](OC/C=C2\CC[C@H]3[C@@H]4CC[C@H]5Cc6nc7c(nc6C[C@]5(C)[C@H]4[C@@H](O)C[C@]23C)C[C@@H]2CC[C@@H]3[C@H]([C@@H](O)C[C@]4(C)/C(=C/CO[C@H]5O[C@H](C)[C@@H](O)[C@H](O)[C@@H]5O)CC[C@@H]34)[C@@]2(C)C7)[C@H](O)[C@H](O)[C@H]1O. The number of nitrogens with zero attached hydrogens (tertiary/aromatic N) is 2. The van der Waals surface area contributed by atoms with Crippen LogP contribution in [0.15, 0.2) is 23.3 Å². The monoisotopic (exact) mass is 949 g/mol. The zero-order valence-electron chi connectivity index (χ0n) is 41.1. The first-order chi connectivity index (χ1) is 32.3. The summed E-state index contributed by atoms with van der Waals surface area (Å²) in [5.74, 6) is 2.94. The minimum Gasteiger partial charge on any atom is -0.393 e. The van der Waals surface area contributed by atoms with E-state index in [1.165, 1.54) is 11.1 Å². The summed E-state index contributed by atoms with van der Waals surface area (Å²) in [4.78, 5) is 11.2. The van der Waals surface area contributed by atoms with Crippen LogP contribution >= 0.6 is 0 Å². The lowest BCUT2D eigenvalue weighted by Crippen LogP contribution is -2.59. The predicted octanol–water partition coefficient (Wildman–Crippen LogP) is 3.87. The topological polar surface area (TPSA) is 225 Å². The van der Waals surface area contributed by atoms with Crippen LogP contribution in [0.25, 0.3) is 0 Å². The average Bonchev–Trinajstić information content (AvgIpc) is 3.80. The van der Waals surface area contributed by atoms with E-state index >= 15 is 0 Å². The average molecular weight is 949 g/mol. The van der Waals surface area contributed by atoms with E-state index in [1.54, 1.807) is 13.8 Å². The Balaban J connectivity index is 0.770. The third-order valence-corrected chi connectivity index (χ3v) is 21.7. The normalized spacial score (nSPS) is 53.9. The van der Waals surface area contributed by atoms with Crippen molar-refractivity contribution in [1.29, 1.82) is 0 Å². The molecule has 11 rings (SSSR count). The van der Waals surface area contributed by atoms with E-state index in [0.717, 1.165) is 99.8 Å². The molecular weight excluding hydrogens is 869 g/mol. The number of aromatic nitrogens is 2. The van der Waals surface area contributed by atoms with Gasteiger partial charge >= 0.3 is 0 Å². The maximum atomic E-state index is 12.4. The minimum atomic E-state index is -1.33. The van der Waals surface area contributed by atoms with Crippen LogP contribution in [0.1, 0.15) is 129 Å². The largest absolute Gasteiger partial charge is 0.393 e. The molecule has 0 spiro atoms. The van der Waals surface area contributed by atoms with Crippen LogP contribution in [0.4, 0.5) is 0 Å². The smallest absolute Gasteiger partial charge is 0.186 e. The van der Waals surface area contributed by atoms with Crippen molar-refractivity contribution >= 4 is 0 Å². The predicted molar refractivity (Wildman–Crippen MR) is 248 cm³/mol. The number of allylic oxidation sites excluding steroid dienone is 2. The molecule has 1 aromatic heterocycles. The molecule has 6 saturated carbocycles. The van der Waals surface area contributed by atoms with E-state index in [9.17, 15) is 40.9 Å². The van der Waals surface area contributed by atoms with Crippen LogP contribution in [0.3, 0.4) is 0 Å². The van der Waals surface area contributed by atoms with Crippen molar-refractivity contribution < 1.29 is 59.8 Å². The first-order valence-corrected chi connectivity index (χ1v) is 26.5. The second kappa shape index (κ2) is 17.4. The molecule has 0 aromatic carbocycles. The quantitative estimate of drug-likeness (QED) is 0.190. The van der Waals surface area contributed by atoms with Crippen LogP contribution in [0, 0.1) is 69.0 Å². The van der Waals surface area contributed by atoms with E-state index in [-0.39, 0.29) is 46.7 Å². The molecule has 14 nitrogen and oxygen atoms in total. The molecule has 68 heavy (non-hydrogen) atoms. The first-order valence-electron chi connectivity index (χ1n) is 26.5. The number of hydrogen-bond acceptors (Lipinski definition) is 14. The molecule has 0 unspecified atom stereocenters. The van der Waals surface area contributed by atoms with Crippen LogP contribution in [-0.2, 0) is 44.6 Å². The molecular formula is C54H80N2O12. The summed E-state index contributed by atoms with van der Waals surface area (Å²) in [6, 6.07) is 0. The van der Waals surface area contributed by atoms with Gasteiger partial charge < -0.3 is 59.8 Å². The van der Waals surface area contributed by atoms with Crippen LogP contribution in [0.2, 0.25) is 0 Å². The summed E-state index contributed by atoms with van der Waals surface area (Å²) in [5.41, 5.74) is 6.72. The van der Waals surface area contributed by atoms with Gasteiger partial charge in [-0.25, -0.2) is 0 Å². The summed E-state index contributed by atoms with van der Waals surface area (Å²) < 4.78 is 23.3. The molecule has 0 radical (unpaired) electrons. The lowest BCUT2D eigenvalue weighted by molar-refractivity contribution is -0.290. The lowest BCUT2D eigenvalue weighted by atomic mass is 9.44. The summed E-state index contributed by atoms with van der Waals surface area (Å²) in [5, 5.41) is 86.6. The second-order valence-corrected chi connectivity index (χ2v) is 24.9. The van der Waals surface area contributed by atoms with Gasteiger partial charge in [0.25, 0.3) is 0 Å². The van der Waals surface area contributed by atoms with Crippen molar-refractivity contribution in [1.82, 2.24) is 9.97 Å². The van der Waals surface area contributed by atoms with Gasteiger partial charge in [-0.05, 0) is 173 Å². The Labute approximate surface area is 401 Å². The highest BCUT2D eigenvalue weighted by molar-refractivity contribution is 5.33. The van der Waals surface area contributed by atoms with Crippen molar-refractivity contribution in [2.75, 3.05) is 13.2 Å². The van der Waals surface area contributed by atoms with Crippen LogP contribution in [-0.4, -0.2) is 138 Å². The van der Waals surface area contributed by atoms with Gasteiger partial charge in [0.2, 0.25) is 0 Å². The molecule has 24 atom stereocenters. The van der Waals surface area contributed by atoms with Crippen molar-refractivity contribution in [3.05, 3.63) is 46.1 Å². The standard InChI is InChI=1S/C54H80N2O12/c1-25-43(59)45(61)47(63)49(67-25)65-17-15-27-9-13-33-31-11-7-29-19-35-37(21-53(29,5)41(31)39(57)23-51(27,33)3)55-36-20-30-8-12-32-34-14-10-28(16-18-66-50-48(64)46(62)44(60)26(2)68-50)52(34,4)24-40(58)42(32)54(30,6)22-38(36)56-35/h15-16,25-26,29-34,39-50,57-64H,7-14,17-24H2,1-6H3/b27-15+,28-16+/t25-,26+,29-,30-,31-,32-,33-,34-,39-,40-,41+,42+,43-,44+,45+,46-,47+,48-,49+,50-,51+,52+,53-,54-/m0/s1. The molecule has 3 heterocycles. The van der Waals surface area contributed by atoms with Crippen molar-refractivity contribution in [3.63, 3.8) is 0 Å². The highest BCUT2D eigenvalue weighted by Crippen LogP contribution is 2.69. The molecule has 0 bridgehead atoms. The number of rotatable bonds is 6. The van der Waals surface area contributed by atoms with Gasteiger partial charge in [0.05, 0.1) is 60.4 Å².